The van der Waals surface area contributed by atoms with Crippen LogP contribution < -0.4 is 5.32 Å². The van der Waals surface area contributed by atoms with Crippen molar-refractivity contribution in [3.63, 3.8) is 0 Å². The van der Waals surface area contributed by atoms with E-state index in [4.69, 9.17) is 0 Å². The van der Waals surface area contributed by atoms with Gasteiger partial charge in [-0.05, 0) is 53.7 Å². The van der Waals surface area contributed by atoms with E-state index < -0.39 is 0 Å². The van der Waals surface area contributed by atoms with Crippen molar-refractivity contribution in [2.75, 3.05) is 13.1 Å². The van der Waals surface area contributed by atoms with Crippen molar-refractivity contribution in [2.24, 2.45) is 0 Å². The van der Waals surface area contributed by atoms with Crippen LogP contribution in [0.4, 0.5) is 0 Å². The number of nitrogens with zero attached hydrogens (tertiary/aromatic N) is 1. The van der Waals surface area contributed by atoms with Gasteiger partial charge in [0.2, 0.25) is 0 Å². The molecule has 1 aliphatic heterocycles. The first kappa shape index (κ1) is 16.0. The van der Waals surface area contributed by atoms with Crippen LogP contribution in [0.1, 0.15) is 57.2 Å². The fourth-order valence-electron chi connectivity index (χ4n) is 4.24. The van der Waals surface area contributed by atoms with Gasteiger partial charge in [0.15, 0.2) is 0 Å². The van der Waals surface area contributed by atoms with Crippen LogP contribution in [0.2, 0.25) is 0 Å². The normalized spacial score (nSPS) is 24.7. The molecule has 1 N–H and O–H groups in total. The van der Waals surface area contributed by atoms with Crippen LogP contribution >= 0.6 is 27.3 Å². The first-order valence-corrected chi connectivity index (χ1v) is 9.97. The maximum Gasteiger partial charge on any atom is 0.0701 e. The molecule has 1 spiro atoms. The molecule has 2 heterocycles. The van der Waals surface area contributed by atoms with Gasteiger partial charge in [0.25, 0.3) is 0 Å². The summed E-state index contributed by atoms with van der Waals surface area (Å²) in [4.78, 5) is 4.29. The van der Waals surface area contributed by atoms with E-state index in [0.717, 1.165) is 13.1 Å². The van der Waals surface area contributed by atoms with Gasteiger partial charge in [-0.2, -0.15) is 0 Å². The lowest BCUT2D eigenvalue weighted by molar-refractivity contribution is -0.00580. The van der Waals surface area contributed by atoms with Crippen molar-refractivity contribution in [1.29, 1.82) is 0 Å². The third kappa shape index (κ3) is 3.10. The zero-order valence-corrected chi connectivity index (χ0v) is 15.7. The van der Waals surface area contributed by atoms with Gasteiger partial charge in [0.1, 0.15) is 0 Å². The summed E-state index contributed by atoms with van der Waals surface area (Å²) in [5.41, 5.74) is 0.743. The van der Waals surface area contributed by atoms with E-state index >= 15 is 0 Å². The number of nitrogens with one attached hydrogen (secondary N) is 1. The number of thiophene rings is 1. The molecular formula is C17H27BrN2S. The molecule has 0 atom stereocenters. The van der Waals surface area contributed by atoms with Crippen molar-refractivity contribution < 1.29 is 0 Å². The Bertz CT molecular complexity index is 475. The van der Waals surface area contributed by atoms with Gasteiger partial charge in [-0.15, -0.1) is 11.3 Å². The molecular weight excluding hydrogens is 344 g/mol. The lowest BCUT2D eigenvalue weighted by Crippen LogP contribution is -2.68. The predicted octanol–water partition coefficient (Wildman–Crippen LogP) is 4.79. The summed E-state index contributed by atoms with van der Waals surface area (Å²) in [7, 11) is 0. The topological polar surface area (TPSA) is 15.3 Å². The van der Waals surface area contributed by atoms with Gasteiger partial charge in [0.05, 0.1) is 3.79 Å². The van der Waals surface area contributed by atoms with E-state index in [1.54, 1.807) is 0 Å². The maximum atomic E-state index is 3.96. The summed E-state index contributed by atoms with van der Waals surface area (Å²) in [5.74, 6) is 0. The minimum Gasteiger partial charge on any atom is -0.308 e. The van der Waals surface area contributed by atoms with Crippen LogP contribution in [0.25, 0.3) is 0 Å². The molecule has 0 amide bonds. The Morgan fingerprint density at radius 2 is 1.95 bits per heavy atom. The molecule has 3 rings (SSSR count). The predicted molar refractivity (Wildman–Crippen MR) is 94.9 cm³/mol. The van der Waals surface area contributed by atoms with Gasteiger partial charge >= 0.3 is 0 Å². The number of hydrogen-bond acceptors (Lipinski definition) is 3. The SMILES string of the molecule is CCC1(CC)CNC2(CCCC2)CN1Cc1ccc(Br)s1. The average Bonchev–Trinajstić information content (AvgIpc) is 3.10. The molecule has 21 heavy (non-hydrogen) atoms. The fraction of sp³-hybridized carbons (Fsp3) is 0.765. The summed E-state index contributed by atoms with van der Waals surface area (Å²) >= 11 is 5.50. The van der Waals surface area contributed by atoms with E-state index in [1.807, 2.05) is 11.3 Å². The quantitative estimate of drug-likeness (QED) is 0.819. The lowest BCUT2D eigenvalue weighted by Gasteiger charge is -2.53. The Morgan fingerprint density at radius 3 is 2.52 bits per heavy atom. The van der Waals surface area contributed by atoms with Crippen molar-refractivity contribution in [3.8, 4) is 0 Å². The molecule has 2 aliphatic rings. The minimum atomic E-state index is 0.338. The van der Waals surface area contributed by atoms with Gasteiger partial charge < -0.3 is 5.32 Å². The van der Waals surface area contributed by atoms with Crippen LogP contribution in [-0.2, 0) is 6.54 Å². The smallest absolute Gasteiger partial charge is 0.0701 e. The second kappa shape index (κ2) is 6.31. The standard InChI is InChI=1S/C17H27BrN2S/c1-3-17(4-2)12-19-16(9-5-6-10-16)13-20(17)11-14-7-8-15(18)21-14/h7-8,19H,3-6,9-13H2,1-2H3. The van der Waals surface area contributed by atoms with Gasteiger partial charge in [0, 0.05) is 35.6 Å². The zero-order chi connectivity index (χ0) is 14.9. The Hall–Kier alpha value is 0.1000. The highest BCUT2D eigenvalue weighted by Gasteiger charge is 2.46. The summed E-state index contributed by atoms with van der Waals surface area (Å²) < 4.78 is 1.25. The molecule has 0 bridgehead atoms. The summed E-state index contributed by atoms with van der Waals surface area (Å²) in [6, 6.07) is 4.47. The summed E-state index contributed by atoms with van der Waals surface area (Å²) in [6.07, 6.45) is 7.99. The molecule has 118 valence electrons. The number of rotatable bonds is 4. The third-order valence-electron chi connectivity index (χ3n) is 5.81. The van der Waals surface area contributed by atoms with Crippen LogP contribution in [0, 0.1) is 0 Å². The number of piperazine rings is 1. The maximum absolute atomic E-state index is 3.96. The Balaban J connectivity index is 1.82. The van der Waals surface area contributed by atoms with Crippen LogP contribution in [0.3, 0.4) is 0 Å². The van der Waals surface area contributed by atoms with E-state index in [0.29, 0.717) is 11.1 Å². The van der Waals surface area contributed by atoms with Gasteiger partial charge in [-0.25, -0.2) is 0 Å². The number of halogens is 1. The minimum absolute atomic E-state index is 0.338. The summed E-state index contributed by atoms with van der Waals surface area (Å²) in [6.45, 7) is 8.21. The molecule has 2 nitrogen and oxygen atoms in total. The van der Waals surface area contributed by atoms with Crippen LogP contribution in [0.5, 0.6) is 0 Å². The van der Waals surface area contributed by atoms with Crippen molar-refractivity contribution in [2.45, 2.75) is 70.0 Å². The van der Waals surface area contributed by atoms with E-state index in [2.05, 4.69) is 52.1 Å². The Labute approximate surface area is 141 Å². The summed E-state index contributed by atoms with van der Waals surface area (Å²) in [5, 5.41) is 3.96. The molecule has 1 aromatic rings. The fourth-order valence-corrected chi connectivity index (χ4v) is 5.73. The average molecular weight is 371 g/mol. The number of hydrogen-bond donors (Lipinski definition) is 1. The second-order valence-corrected chi connectivity index (χ2v) is 9.38. The van der Waals surface area contributed by atoms with E-state index in [1.165, 1.54) is 53.7 Å². The first-order chi connectivity index (χ1) is 10.1. The molecule has 0 aromatic carbocycles. The van der Waals surface area contributed by atoms with Crippen molar-refractivity contribution in [1.82, 2.24) is 10.2 Å². The Kier molecular flexibility index (Phi) is 4.80. The lowest BCUT2D eigenvalue weighted by atomic mass is 9.82. The highest BCUT2D eigenvalue weighted by Crippen LogP contribution is 2.39. The highest BCUT2D eigenvalue weighted by atomic mass is 79.9. The zero-order valence-electron chi connectivity index (χ0n) is 13.3. The first-order valence-electron chi connectivity index (χ1n) is 8.36. The van der Waals surface area contributed by atoms with Crippen molar-refractivity contribution >= 4 is 27.3 Å². The second-order valence-electron chi connectivity index (χ2n) is 6.83. The molecule has 1 aliphatic carbocycles. The van der Waals surface area contributed by atoms with E-state index in [9.17, 15) is 0 Å². The molecule has 1 saturated heterocycles. The van der Waals surface area contributed by atoms with E-state index in [-0.39, 0.29) is 0 Å². The molecule has 1 aromatic heterocycles. The molecule has 1 saturated carbocycles. The van der Waals surface area contributed by atoms with Gasteiger partial charge in [-0.3, -0.25) is 4.90 Å². The largest absolute Gasteiger partial charge is 0.308 e. The van der Waals surface area contributed by atoms with Crippen molar-refractivity contribution in [3.05, 3.63) is 20.8 Å². The molecule has 0 radical (unpaired) electrons. The molecule has 0 unspecified atom stereocenters. The monoisotopic (exact) mass is 370 g/mol. The highest BCUT2D eigenvalue weighted by molar-refractivity contribution is 9.11. The van der Waals surface area contributed by atoms with Crippen LogP contribution in [0.15, 0.2) is 15.9 Å². The molecule has 2 fully saturated rings. The molecule has 4 heteroatoms. The van der Waals surface area contributed by atoms with Gasteiger partial charge in [-0.1, -0.05) is 26.7 Å². The van der Waals surface area contributed by atoms with Crippen LogP contribution in [-0.4, -0.2) is 29.1 Å². The third-order valence-corrected chi connectivity index (χ3v) is 7.42. The Morgan fingerprint density at radius 1 is 1.24 bits per heavy atom.